The molecule has 1 unspecified atom stereocenters. The zero-order valence-corrected chi connectivity index (χ0v) is 9.49. The molecule has 15 heavy (non-hydrogen) atoms. The number of Topliss-reactive ketones (excluding diaryl/α,β-unsaturated/α-hetero) is 1. The second kappa shape index (κ2) is 3.85. The van der Waals surface area contributed by atoms with Gasteiger partial charge in [0.1, 0.15) is 11.9 Å². The minimum Gasteiger partial charge on any atom is -0.346 e. The van der Waals surface area contributed by atoms with E-state index in [0.717, 1.165) is 12.8 Å². The summed E-state index contributed by atoms with van der Waals surface area (Å²) < 4.78 is 16.9. The van der Waals surface area contributed by atoms with Gasteiger partial charge in [0.15, 0.2) is 12.1 Å². The van der Waals surface area contributed by atoms with Crippen LogP contribution in [0.5, 0.6) is 0 Å². The first-order chi connectivity index (χ1) is 6.96. The van der Waals surface area contributed by atoms with E-state index in [1.165, 1.54) is 0 Å². The Morgan fingerprint density at radius 2 is 2.13 bits per heavy atom. The molecule has 4 heteroatoms. The molecule has 2 aliphatic heterocycles. The summed E-state index contributed by atoms with van der Waals surface area (Å²) in [5, 5.41) is 0. The van der Waals surface area contributed by atoms with Crippen molar-refractivity contribution < 1.29 is 19.0 Å². The lowest BCUT2D eigenvalue weighted by Crippen LogP contribution is -2.24. The maximum atomic E-state index is 10.8. The Balaban J connectivity index is 1.81. The normalized spacial score (nSPS) is 37.9. The van der Waals surface area contributed by atoms with Gasteiger partial charge in [-0.2, -0.15) is 0 Å². The molecule has 2 heterocycles. The van der Waals surface area contributed by atoms with Crippen molar-refractivity contribution in [1.82, 2.24) is 0 Å². The van der Waals surface area contributed by atoms with Crippen molar-refractivity contribution in [3.8, 4) is 0 Å². The molecule has 0 amide bonds. The first-order valence-electron chi connectivity index (χ1n) is 5.47. The molecule has 86 valence electrons. The highest BCUT2D eigenvalue weighted by Gasteiger charge is 2.48. The number of carbonyl (C=O) groups is 1. The highest BCUT2D eigenvalue weighted by Crippen LogP contribution is 2.38. The van der Waals surface area contributed by atoms with Crippen LogP contribution in [0.3, 0.4) is 0 Å². The van der Waals surface area contributed by atoms with Gasteiger partial charge in [0.05, 0.1) is 6.10 Å². The first-order valence-corrected chi connectivity index (χ1v) is 5.47. The van der Waals surface area contributed by atoms with Crippen molar-refractivity contribution in [3.63, 3.8) is 0 Å². The van der Waals surface area contributed by atoms with Crippen molar-refractivity contribution in [2.45, 2.75) is 64.3 Å². The average molecular weight is 214 g/mol. The van der Waals surface area contributed by atoms with E-state index in [2.05, 4.69) is 0 Å². The predicted molar refractivity (Wildman–Crippen MR) is 53.2 cm³/mol. The number of ketones is 1. The Morgan fingerprint density at radius 1 is 1.40 bits per heavy atom. The van der Waals surface area contributed by atoms with Gasteiger partial charge in [-0.15, -0.1) is 0 Å². The van der Waals surface area contributed by atoms with Crippen molar-refractivity contribution >= 4 is 5.78 Å². The molecule has 2 fully saturated rings. The maximum Gasteiger partial charge on any atom is 0.187 e. The lowest BCUT2D eigenvalue weighted by Gasteiger charge is -2.20. The molecule has 2 rings (SSSR count). The molecule has 0 bridgehead atoms. The van der Waals surface area contributed by atoms with Gasteiger partial charge in [-0.1, -0.05) is 0 Å². The molecule has 0 spiro atoms. The fourth-order valence-electron chi connectivity index (χ4n) is 2.13. The molecule has 0 aromatic carbocycles. The molecule has 2 aliphatic rings. The summed E-state index contributed by atoms with van der Waals surface area (Å²) in [6, 6.07) is 0. The van der Waals surface area contributed by atoms with Gasteiger partial charge in [-0.25, -0.2) is 0 Å². The smallest absolute Gasteiger partial charge is 0.187 e. The van der Waals surface area contributed by atoms with Gasteiger partial charge in [0, 0.05) is 12.8 Å². The van der Waals surface area contributed by atoms with E-state index in [4.69, 9.17) is 14.2 Å². The fourth-order valence-corrected chi connectivity index (χ4v) is 2.13. The number of ether oxygens (including phenoxy) is 3. The Kier molecular flexibility index (Phi) is 2.83. The molecule has 0 aromatic heterocycles. The van der Waals surface area contributed by atoms with Gasteiger partial charge in [-0.3, -0.25) is 0 Å². The lowest BCUT2D eigenvalue weighted by atomic mass is 10.1. The molecule has 0 aliphatic carbocycles. The average Bonchev–Trinajstić information content (AvgIpc) is 2.53. The largest absolute Gasteiger partial charge is 0.346 e. The van der Waals surface area contributed by atoms with E-state index in [-0.39, 0.29) is 24.3 Å². The Bertz CT molecular complexity index is 245. The van der Waals surface area contributed by atoms with Crippen LogP contribution in [0, 0.1) is 0 Å². The summed E-state index contributed by atoms with van der Waals surface area (Å²) in [5.41, 5.74) is 0. The number of hydrogen-bond donors (Lipinski definition) is 0. The molecule has 3 atom stereocenters. The number of fused-ring (bicyclic) bond motifs is 1. The number of rotatable bonds is 3. The predicted octanol–water partition coefficient (Wildman–Crippen LogP) is 1.62. The zero-order valence-electron chi connectivity index (χ0n) is 9.49. The van der Waals surface area contributed by atoms with Crippen LogP contribution >= 0.6 is 0 Å². The third-order valence-corrected chi connectivity index (χ3v) is 2.78. The molecule has 2 saturated heterocycles. The molecule has 0 aromatic rings. The van der Waals surface area contributed by atoms with Crippen LogP contribution in [0.1, 0.15) is 40.0 Å². The highest BCUT2D eigenvalue weighted by atomic mass is 16.8. The second-order valence-electron chi connectivity index (χ2n) is 4.78. The van der Waals surface area contributed by atoms with Crippen LogP contribution in [0.25, 0.3) is 0 Å². The minimum atomic E-state index is -0.527. The van der Waals surface area contributed by atoms with Crippen LogP contribution in [0.2, 0.25) is 0 Å². The van der Waals surface area contributed by atoms with Crippen LogP contribution < -0.4 is 0 Å². The Hall–Kier alpha value is -0.450. The highest BCUT2D eigenvalue weighted by molar-refractivity contribution is 5.75. The topological polar surface area (TPSA) is 44.8 Å². The summed E-state index contributed by atoms with van der Waals surface area (Å²) in [6.45, 7) is 5.38. The maximum absolute atomic E-state index is 10.8. The van der Waals surface area contributed by atoms with Gasteiger partial charge in [0.2, 0.25) is 0 Å². The molecular weight excluding hydrogens is 196 g/mol. The third kappa shape index (κ3) is 2.56. The lowest BCUT2D eigenvalue weighted by molar-refractivity contribution is -0.205. The fraction of sp³-hybridized carbons (Fsp3) is 0.909. The molecule has 0 N–H and O–H groups in total. The Morgan fingerprint density at radius 3 is 2.73 bits per heavy atom. The van der Waals surface area contributed by atoms with Crippen LogP contribution in [0.15, 0.2) is 0 Å². The van der Waals surface area contributed by atoms with Crippen LogP contribution in [-0.4, -0.2) is 30.1 Å². The zero-order chi connectivity index (χ0) is 11.1. The standard InChI is InChI=1S/C11H18O4/c1-7(12)4-5-8-6-9-10(13-8)15-11(2,3)14-9/h8-10H,4-6H2,1-3H3/t8-,9-,10?/m1/s1. The van der Waals surface area contributed by atoms with Gasteiger partial charge in [0.25, 0.3) is 0 Å². The number of carbonyl (C=O) groups excluding carboxylic acids is 1. The van der Waals surface area contributed by atoms with E-state index in [0.29, 0.717) is 6.42 Å². The molecule has 0 saturated carbocycles. The van der Waals surface area contributed by atoms with Crippen molar-refractivity contribution in [2.24, 2.45) is 0 Å². The third-order valence-electron chi connectivity index (χ3n) is 2.78. The van der Waals surface area contributed by atoms with Crippen molar-refractivity contribution in [2.75, 3.05) is 0 Å². The number of hydrogen-bond acceptors (Lipinski definition) is 4. The Labute approximate surface area is 89.9 Å². The van der Waals surface area contributed by atoms with Gasteiger partial charge in [-0.05, 0) is 27.2 Å². The second-order valence-corrected chi connectivity index (χ2v) is 4.78. The van der Waals surface area contributed by atoms with Crippen LogP contribution in [-0.2, 0) is 19.0 Å². The van der Waals surface area contributed by atoms with Gasteiger partial charge >= 0.3 is 0 Å². The summed E-state index contributed by atoms with van der Waals surface area (Å²) >= 11 is 0. The minimum absolute atomic E-state index is 0.0389. The molecule has 0 radical (unpaired) electrons. The van der Waals surface area contributed by atoms with E-state index < -0.39 is 5.79 Å². The van der Waals surface area contributed by atoms with E-state index in [1.807, 2.05) is 13.8 Å². The van der Waals surface area contributed by atoms with Gasteiger partial charge < -0.3 is 19.0 Å². The summed E-state index contributed by atoms with van der Waals surface area (Å²) in [4.78, 5) is 10.8. The SMILES string of the molecule is CC(=O)CC[C@@H]1C[C@H]2OC(C)(C)OC2O1. The molecular formula is C11H18O4. The monoisotopic (exact) mass is 214 g/mol. The van der Waals surface area contributed by atoms with Crippen LogP contribution in [0.4, 0.5) is 0 Å². The van der Waals surface area contributed by atoms with Crippen molar-refractivity contribution in [3.05, 3.63) is 0 Å². The van der Waals surface area contributed by atoms with E-state index in [9.17, 15) is 4.79 Å². The first kappa shape index (κ1) is 11.0. The summed E-state index contributed by atoms with van der Waals surface area (Å²) in [6.07, 6.45) is 2.10. The van der Waals surface area contributed by atoms with E-state index >= 15 is 0 Å². The van der Waals surface area contributed by atoms with Crippen molar-refractivity contribution in [1.29, 1.82) is 0 Å². The quantitative estimate of drug-likeness (QED) is 0.716. The summed E-state index contributed by atoms with van der Waals surface area (Å²) in [5.74, 6) is -0.321. The van der Waals surface area contributed by atoms with E-state index in [1.54, 1.807) is 6.92 Å². The molecule has 4 nitrogen and oxygen atoms in total. The summed E-state index contributed by atoms with van der Waals surface area (Å²) in [7, 11) is 0.